The fraction of sp³-hybridized carbons (Fsp3) is 0.857. The molecule has 5 heteroatoms. The summed E-state index contributed by atoms with van der Waals surface area (Å²) in [6, 6.07) is 0. The Bertz CT molecular complexity index is 343. The maximum Gasteiger partial charge on any atom is 0.239 e. The normalized spacial score (nSPS) is 20.7. The van der Waals surface area contributed by atoms with Gasteiger partial charge in [0.1, 0.15) is 0 Å². The molecule has 0 atom stereocenters. The van der Waals surface area contributed by atoms with Crippen LogP contribution in [0.4, 0.5) is 0 Å². The van der Waals surface area contributed by atoms with Crippen LogP contribution >= 0.6 is 0 Å². The number of rotatable bonds is 4. The van der Waals surface area contributed by atoms with Crippen LogP contribution in [0.25, 0.3) is 0 Å². The van der Waals surface area contributed by atoms with E-state index in [1.165, 1.54) is 11.8 Å². The maximum absolute atomic E-state index is 11.7. The van der Waals surface area contributed by atoms with Crippen molar-refractivity contribution in [2.24, 2.45) is 5.41 Å². The number of nitrogens with zero attached hydrogens (tertiary/aromatic N) is 1. The Morgan fingerprint density at radius 1 is 1.21 bits per heavy atom. The van der Waals surface area contributed by atoms with Gasteiger partial charge in [0.2, 0.25) is 11.8 Å². The third-order valence-electron chi connectivity index (χ3n) is 4.07. The quantitative estimate of drug-likeness (QED) is 0.798. The van der Waals surface area contributed by atoms with E-state index in [1.807, 2.05) is 0 Å². The minimum atomic E-state index is -0.792. The minimum Gasteiger partial charge on any atom is -0.388 e. The minimum absolute atomic E-state index is 0.0386. The van der Waals surface area contributed by atoms with Gasteiger partial charge in [-0.1, -0.05) is 13.8 Å². The van der Waals surface area contributed by atoms with Gasteiger partial charge >= 0.3 is 0 Å². The van der Waals surface area contributed by atoms with E-state index in [-0.39, 0.29) is 30.3 Å². The molecule has 1 saturated carbocycles. The van der Waals surface area contributed by atoms with Crippen LogP contribution in [0.15, 0.2) is 0 Å². The van der Waals surface area contributed by atoms with Crippen LogP contribution in [0, 0.1) is 5.41 Å². The van der Waals surface area contributed by atoms with Gasteiger partial charge in [0, 0.05) is 20.5 Å². The molecule has 0 aromatic heterocycles. The summed E-state index contributed by atoms with van der Waals surface area (Å²) < 4.78 is 0. The van der Waals surface area contributed by atoms with Crippen LogP contribution in [0.1, 0.15) is 46.5 Å². The number of likely N-dealkylation sites (N-methyl/N-ethyl adjacent to an activating group) is 1. The van der Waals surface area contributed by atoms with Crippen LogP contribution in [0.2, 0.25) is 0 Å². The van der Waals surface area contributed by atoms with Crippen LogP contribution in [-0.4, -0.2) is 47.6 Å². The van der Waals surface area contributed by atoms with Gasteiger partial charge in [-0.3, -0.25) is 9.59 Å². The van der Waals surface area contributed by atoms with Gasteiger partial charge < -0.3 is 15.3 Å². The molecule has 0 unspecified atom stereocenters. The van der Waals surface area contributed by atoms with Crippen molar-refractivity contribution in [2.75, 3.05) is 20.1 Å². The molecular weight excluding hydrogens is 244 g/mol. The number of hydrogen-bond donors (Lipinski definition) is 2. The Balaban J connectivity index is 2.36. The molecule has 0 spiro atoms. The highest BCUT2D eigenvalue weighted by Crippen LogP contribution is 2.39. The van der Waals surface area contributed by atoms with Crippen molar-refractivity contribution in [3.05, 3.63) is 0 Å². The molecule has 0 radical (unpaired) electrons. The summed E-state index contributed by atoms with van der Waals surface area (Å²) in [4.78, 5) is 24.0. The van der Waals surface area contributed by atoms with Crippen molar-refractivity contribution < 1.29 is 14.7 Å². The molecule has 5 nitrogen and oxygen atoms in total. The van der Waals surface area contributed by atoms with Crippen LogP contribution in [0.3, 0.4) is 0 Å². The highest BCUT2D eigenvalue weighted by molar-refractivity contribution is 5.83. The molecule has 1 fully saturated rings. The summed E-state index contributed by atoms with van der Waals surface area (Å²) >= 11 is 0. The van der Waals surface area contributed by atoms with Gasteiger partial charge in [-0.05, 0) is 31.1 Å². The van der Waals surface area contributed by atoms with Crippen molar-refractivity contribution in [2.45, 2.75) is 52.1 Å². The Morgan fingerprint density at radius 3 is 2.21 bits per heavy atom. The van der Waals surface area contributed by atoms with Gasteiger partial charge in [-0.2, -0.15) is 0 Å². The summed E-state index contributed by atoms with van der Waals surface area (Å²) in [7, 11) is 1.58. The Morgan fingerprint density at radius 2 is 1.74 bits per heavy atom. The lowest BCUT2D eigenvalue weighted by Crippen LogP contribution is -2.48. The molecule has 2 amide bonds. The molecule has 1 aliphatic carbocycles. The van der Waals surface area contributed by atoms with E-state index in [2.05, 4.69) is 19.2 Å². The van der Waals surface area contributed by atoms with E-state index in [0.29, 0.717) is 12.8 Å². The molecule has 110 valence electrons. The average molecular weight is 270 g/mol. The number of nitrogens with one attached hydrogen (secondary N) is 1. The number of carbonyl (C=O) groups is 2. The lowest BCUT2D eigenvalue weighted by atomic mass is 9.71. The summed E-state index contributed by atoms with van der Waals surface area (Å²) in [6.45, 7) is 6.13. The number of aliphatic hydroxyl groups is 1. The predicted molar refractivity (Wildman–Crippen MR) is 73.5 cm³/mol. The molecule has 2 N–H and O–H groups in total. The van der Waals surface area contributed by atoms with Gasteiger partial charge in [0.15, 0.2) is 0 Å². The van der Waals surface area contributed by atoms with Crippen molar-refractivity contribution in [3.8, 4) is 0 Å². The third-order valence-corrected chi connectivity index (χ3v) is 4.07. The van der Waals surface area contributed by atoms with Gasteiger partial charge in [-0.25, -0.2) is 0 Å². The topological polar surface area (TPSA) is 69.6 Å². The second-order valence-electron chi connectivity index (χ2n) is 6.54. The molecule has 0 aliphatic heterocycles. The maximum atomic E-state index is 11.7. The zero-order valence-corrected chi connectivity index (χ0v) is 12.5. The van der Waals surface area contributed by atoms with E-state index in [9.17, 15) is 14.7 Å². The van der Waals surface area contributed by atoms with Gasteiger partial charge in [-0.15, -0.1) is 0 Å². The lowest BCUT2D eigenvalue weighted by molar-refractivity contribution is -0.133. The molecule has 1 rings (SSSR count). The molecule has 0 saturated heterocycles. The van der Waals surface area contributed by atoms with E-state index in [1.54, 1.807) is 7.05 Å². The largest absolute Gasteiger partial charge is 0.388 e. The summed E-state index contributed by atoms with van der Waals surface area (Å²) in [5.74, 6) is -0.371. The van der Waals surface area contributed by atoms with E-state index >= 15 is 0 Å². The average Bonchev–Trinajstić information content (AvgIpc) is 2.31. The first-order chi connectivity index (χ1) is 8.64. The Hall–Kier alpha value is -1.10. The second-order valence-corrected chi connectivity index (χ2v) is 6.54. The number of amides is 2. The highest BCUT2D eigenvalue weighted by atomic mass is 16.3. The fourth-order valence-corrected chi connectivity index (χ4v) is 2.21. The first kappa shape index (κ1) is 16.0. The van der Waals surface area contributed by atoms with Crippen LogP contribution in [-0.2, 0) is 9.59 Å². The first-order valence-electron chi connectivity index (χ1n) is 6.84. The van der Waals surface area contributed by atoms with E-state index in [0.717, 1.165) is 12.8 Å². The van der Waals surface area contributed by atoms with Crippen LogP contribution < -0.4 is 5.32 Å². The highest BCUT2D eigenvalue weighted by Gasteiger charge is 2.36. The molecule has 0 bridgehead atoms. The molecule has 1 aliphatic rings. The number of hydrogen-bond acceptors (Lipinski definition) is 3. The zero-order valence-electron chi connectivity index (χ0n) is 12.5. The molecule has 19 heavy (non-hydrogen) atoms. The standard InChI is InChI=1S/C14H26N2O3/c1-11(17)16(4)9-12(18)15-10-14(19)7-5-13(2,3)6-8-14/h19H,5-10H2,1-4H3,(H,15,18). The van der Waals surface area contributed by atoms with E-state index in [4.69, 9.17) is 0 Å². The third kappa shape index (κ3) is 5.19. The molecule has 0 aromatic rings. The molecule has 0 aromatic carbocycles. The Labute approximate surface area is 115 Å². The monoisotopic (exact) mass is 270 g/mol. The summed E-state index contributed by atoms with van der Waals surface area (Å²) in [5.41, 5.74) is -0.509. The smallest absolute Gasteiger partial charge is 0.239 e. The molecule has 0 heterocycles. The van der Waals surface area contributed by atoms with Gasteiger partial charge in [0.05, 0.1) is 12.1 Å². The number of carbonyl (C=O) groups excluding carboxylic acids is 2. The van der Waals surface area contributed by atoms with Crippen molar-refractivity contribution in [3.63, 3.8) is 0 Å². The van der Waals surface area contributed by atoms with Crippen molar-refractivity contribution in [1.82, 2.24) is 10.2 Å². The summed E-state index contributed by atoms with van der Waals surface area (Å²) in [6.07, 6.45) is 3.35. The predicted octanol–water partition coefficient (Wildman–Crippen LogP) is 0.912. The second kappa shape index (κ2) is 5.90. The first-order valence-corrected chi connectivity index (χ1v) is 6.84. The Kier molecular flexibility index (Phi) is 4.96. The van der Waals surface area contributed by atoms with Crippen molar-refractivity contribution >= 4 is 11.8 Å². The van der Waals surface area contributed by atoms with E-state index < -0.39 is 5.60 Å². The lowest BCUT2D eigenvalue weighted by Gasteiger charge is -2.40. The SMILES string of the molecule is CC(=O)N(C)CC(=O)NCC1(O)CCC(C)(C)CC1. The zero-order chi connectivity index (χ0) is 14.7. The fourth-order valence-electron chi connectivity index (χ4n) is 2.21. The molecular formula is C14H26N2O3. The van der Waals surface area contributed by atoms with Gasteiger partial charge in [0.25, 0.3) is 0 Å². The summed E-state index contributed by atoms with van der Waals surface area (Å²) in [5, 5.41) is 13.1. The van der Waals surface area contributed by atoms with Crippen LogP contribution in [0.5, 0.6) is 0 Å². The van der Waals surface area contributed by atoms with Crippen molar-refractivity contribution in [1.29, 1.82) is 0 Å².